The third kappa shape index (κ3) is 2.26. The predicted molar refractivity (Wildman–Crippen MR) is 61.9 cm³/mol. The molecule has 0 unspecified atom stereocenters. The number of aromatic nitrogens is 2. The van der Waals surface area contributed by atoms with Crippen LogP contribution in [-0.4, -0.2) is 21.7 Å². The van der Waals surface area contributed by atoms with E-state index < -0.39 is 0 Å². The molecule has 16 heavy (non-hydrogen) atoms. The van der Waals surface area contributed by atoms with Gasteiger partial charge in [0.2, 0.25) is 5.91 Å². The summed E-state index contributed by atoms with van der Waals surface area (Å²) < 4.78 is 2.01. The number of rotatable bonds is 1. The van der Waals surface area contributed by atoms with Crippen molar-refractivity contribution in [3.63, 3.8) is 0 Å². The molecule has 0 radical (unpaired) electrons. The molecular weight excluding hydrogens is 202 g/mol. The molecule has 0 saturated heterocycles. The van der Waals surface area contributed by atoms with E-state index in [1.807, 2.05) is 37.7 Å². The number of fused-ring (bicyclic) bond motifs is 1. The summed E-state index contributed by atoms with van der Waals surface area (Å²) in [5, 5.41) is 7.33. The molecule has 1 atom stereocenters. The maximum absolute atomic E-state index is 11.8. The van der Waals surface area contributed by atoms with Crippen molar-refractivity contribution in [3.8, 4) is 0 Å². The van der Waals surface area contributed by atoms with E-state index in [1.165, 1.54) is 5.69 Å². The van der Waals surface area contributed by atoms with Crippen molar-refractivity contribution in [1.29, 1.82) is 0 Å². The summed E-state index contributed by atoms with van der Waals surface area (Å²) in [5.41, 5.74) is 0.906. The zero-order chi connectivity index (χ0) is 11.8. The lowest BCUT2D eigenvalue weighted by Crippen LogP contribution is -2.45. The van der Waals surface area contributed by atoms with Crippen LogP contribution < -0.4 is 5.32 Å². The molecule has 2 heterocycles. The van der Waals surface area contributed by atoms with Crippen LogP contribution in [0, 0.1) is 5.41 Å². The van der Waals surface area contributed by atoms with Crippen LogP contribution in [0.3, 0.4) is 0 Å². The normalized spacial score (nSPS) is 20.3. The highest BCUT2D eigenvalue weighted by Crippen LogP contribution is 2.17. The quantitative estimate of drug-likeness (QED) is 0.778. The predicted octanol–water partition coefficient (Wildman–Crippen LogP) is 1.36. The smallest absolute Gasteiger partial charge is 0.225 e. The first kappa shape index (κ1) is 11.2. The van der Waals surface area contributed by atoms with Crippen molar-refractivity contribution in [1.82, 2.24) is 15.1 Å². The minimum atomic E-state index is -0.308. The van der Waals surface area contributed by atoms with Crippen molar-refractivity contribution in [3.05, 3.63) is 18.0 Å². The molecule has 4 heteroatoms. The SMILES string of the molecule is CC(C)(C)C(=O)N[C@@H]1CCn2nccc2C1. The summed E-state index contributed by atoms with van der Waals surface area (Å²) in [6.07, 6.45) is 3.68. The van der Waals surface area contributed by atoms with E-state index in [0.29, 0.717) is 0 Å². The van der Waals surface area contributed by atoms with Gasteiger partial charge in [0, 0.05) is 36.3 Å². The van der Waals surface area contributed by atoms with E-state index in [4.69, 9.17) is 0 Å². The van der Waals surface area contributed by atoms with Crippen LogP contribution in [0.2, 0.25) is 0 Å². The van der Waals surface area contributed by atoms with Crippen molar-refractivity contribution in [2.45, 2.75) is 46.2 Å². The second-order valence-electron chi connectivity index (χ2n) is 5.46. The van der Waals surface area contributed by atoms with Crippen LogP contribution >= 0.6 is 0 Å². The van der Waals surface area contributed by atoms with E-state index in [2.05, 4.69) is 10.4 Å². The lowest BCUT2D eigenvalue weighted by atomic mass is 9.94. The van der Waals surface area contributed by atoms with Gasteiger partial charge in [-0.25, -0.2) is 0 Å². The summed E-state index contributed by atoms with van der Waals surface area (Å²) in [7, 11) is 0. The molecule has 1 aromatic heterocycles. The van der Waals surface area contributed by atoms with Gasteiger partial charge < -0.3 is 5.32 Å². The second-order valence-corrected chi connectivity index (χ2v) is 5.46. The maximum atomic E-state index is 11.8. The first-order chi connectivity index (χ1) is 7.47. The van der Waals surface area contributed by atoms with Crippen molar-refractivity contribution >= 4 is 5.91 Å². The number of nitrogens with one attached hydrogen (secondary N) is 1. The van der Waals surface area contributed by atoms with Gasteiger partial charge in [-0.05, 0) is 12.5 Å². The zero-order valence-electron chi connectivity index (χ0n) is 10.2. The highest BCUT2D eigenvalue weighted by Gasteiger charge is 2.26. The molecular formula is C12H19N3O. The van der Waals surface area contributed by atoms with Gasteiger partial charge in [0.1, 0.15) is 0 Å². The van der Waals surface area contributed by atoms with Gasteiger partial charge in [-0.3, -0.25) is 9.48 Å². The third-order valence-electron chi connectivity index (χ3n) is 2.97. The van der Waals surface area contributed by atoms with Gasteiger partial charge >= 0.3 is 0 Å². The van der Waals surface area contributed by atoms with Gasteiger partial charge in [0.15, 0.2) is 0 Å². The van der Waals surface area contributed by atoms with E-state index >= 15 is 0 Å². The molecule has 1 aliphatic heterocycles. The topological polar surface area (TPSA) is 46.9 Å². The van der Waals surface area contributed by atoms with Crippen LogP contribution in [0.15, 0.2) is 12.3 Å². The highest BCUT2D eigenvalue weighted by atomic mass is 16.2. The Labute approximate surface area is 96.0 Å². The largest absolute Gasteiger partial charge is 0.352 e. The number of nitrogens with zero attached hydrogens (tertiary/aromatic N) is 2. The standard InChI is InChI=1S/C12H19N3O/c1-12(2,3)11(16)14-9-5-7-15-10(8-9)4-6-13-15/h4,6,9H,5,7-8H2,1-3H3,(H,14,16)/t9-/m1/s1. The lowest BCUT2D eigenvalue weighted by Gasteiger charge is -2.27. The fraction of sp³-hybridized carbons (Fsp3) is 0.667. The molecule has 0 spiro atoms. The molecule has 1 aromatic rings. The molecule has 0 aromatic carbocycles. The van der Waals surface area contributed by atoms with E-state index in [0.717, 1.165) is 19.4 Å². The minimum absolute atomic E-state index is 0.130. The van der Waals surface area contributed by atoms with Gasteiger partial charge in [-0.2, -0.15) is 5.10 Å². The van der Waals surface area contributed by atoms with E-state index in [9.17, 15) is 4.79 Å². The van der Waals surface area contributed by atoms with Crippen LogP contribution in [-0.2, 0) is 17.8 Å². The Hall–Kier alpha value is -1.32. The third-order valence-corrected chi connectivity index (χ3v) is 2.97. The molecule has 2 rings (SSSR count). The summed E-state index contributed by atoms with van der Waals surface area (Å²) >= 11 is 0. The number of hydrogen-bond donors (Lipinski definition) is 1. The fourth-order valence-electron chi connectivity index (χ4n) is 1.89. The number of aryl methyl sites for hydroxylation is 1. The average molecular weight is 221 g/mol. The molecule has 88 valence electrons. The first-order valence-corrected chi connectivity index (χ1v) is 5.78. The number of hydrogen-bond acceptors (Lipinski definition) is 2. The number of carbonyl (C=O) groups excluding carboxylic acids is 1. The lowest BCUT2D eigenvalue weighted by molar-refractivity contribution is -0.129. The minimum Gasteiger partial charge on any atom is -0.352 e. The van der Waals surface area contributed by atoms with Crippen LogP contribution in [0.5, 0.6) is 0 Å². The molecule has 0 bridgehead atoms. The fourth-order valence-corrected chi connectivity index (χ4v) is 1.89. The molecule has 0 aliphatic carbocycles. The molecule has 1 aliphatic rings. The van der Waals surface area contributed by atoms with E-state index in [-0.39, 0.29) is 17.4 Å². The maximum Gasteiger partial charge on any atom is 0.225 e. The van der Waals surface area contributed by atoms with Gasteiger partial charge in [0.25, 0.3) is 0 Å². The molecule has 1 amide bonds. The van der Waals surface area contributed by atoms with Crippen molar-refractivity contribution in [2.75, 3.05) is 0 Å². The van der Waals surface area contributed by atoms with Gasteiger partial charge in [-0.1, -0.05) is 20.8 Å². The Morgan fingerprint density at radius 3 is 3.00 bits per heavy atom. The summed E-state index contributed by atoms with van der Waals surface area (Å²) in [6.45, 7) is 6.72. The van der Waals surface area contributed by atoms with Crippen molar-refractivity contribution < 1.29 is 4.79 Å². The van der Waals surface area contributed by atoms with Crippen LogP contribution in [0.25, 0.3) is 0 Å². The first-order valence-electron chi connectivity index (χ1n) is 5.78. The second kappa shape index (κ2) is 3.92. The molecule has 1 N–H and O–H groups in total. The van der Waals surface area contributed by atoms with E-state index in [1.54, 1.807) is 0 Å². The van der Waals surface area contributed by atoms with Gasteiger partial charge in [-0.15, -0.1) is 0 Å². The molecule has 0 fully saturated rings. The Kier molecular flexibility index (Phi) is 2.74. The monoisotopic (exact) mass is 221 g/mol. The summed E-state index contributed by atoms with van der Waals surface area (Å²) in [6, 6.07) is 2.28. The Balaban J connectivity index is 1.97. The van der Waals surface area contributed by atoms with Crippen LogP contribution in [0.1, 0.15) is 32.9 Å². The average Bonchev–Trinajstić information content (AvgIpc) is 2.63. The van der Waals surface area contributed by atoms with Crippen molar-refractivity contribution in [2.24, 2.45) is 5.41 Å². The Morgan fingerprint density at radius 1 is 1.56 bits per heavy atom. The number of amides is 1. The zero-order valence-corrected chi connectivity index (χ0v) is 10.2. The Bertz CT molecular complexity index is 389. The molecule has 4 nitrogen and oxygen atoms in total. The molecule has 0 saturated carbocycles. The Morgan fingerprint density at radius 2 is 2.31 bits per heavy atom. The number of carbonyl (C=O) groups is 1. The van der Waals surface area contributed by atoms with Gasteiger partial charge in [0.05, 0.1) is 0 Å². The summed E-state index contributed by atoms with van der Waals surface area (Å²) in [5.74, 6) is 0.130. The highest BCUT2D eigenvalue weighted by molar-refractivity contribution is 5.81. The summed E-state index contributed by atoms with van der Waals surface area (Å²) in [4.78, 5) is 11.8. The van der Waals surface area contributed by atoms with Crippen LogP contribution in [0.4, 0.5) is 0 Å².